The number of benzene rings is 1. The first-order valence-electron chi connectivity index (χ1n) is 6.67. The summed E-state index contributed by atoms with van der Waals surface area (Å²) in [6.07, 6.45) is 0. The molecule has 2 aromatic rings. The predicted octanol–water partition coefficient (Wildman–Crippen LogP) is 3.06. The van der Waals surface area contributed by atoms with E-state index in [1.54, 1.807) is 37.1 Å². The van der Waals surface area contributed by atoms with Crippen LogP contribution in [0.15, 0.2) is 18.2 Å². The van der Waals surface area contributed by atoms with Crippen LogP contribution in [0.5, 0.6) is 5.75 Å². The largest absolute Gasteiger partial charge is 0.495 e. The molecule has 0 atom stereocenters. The van der Waals surface area contributed by atoms with Gasteiger partial charge in [-0.25, -0.2) is 0 Å². The van der Waals surface area contributed by atoms with Crippen LogP contribution in [0.1, 0.15) is 11.3 Å². The number of likely N-dealkylation sites (N-methyl/N-ethyl adjacent to an activating group) is 1. The van der Waals surface area contributed by atoms with Gasteiger partial charge in [0.15, 0.2) is 0 Å². The maximum absolute atomic E-state index is 12.2. The number of anilines is 2. The second kappa shape index (κ2) is 7.31. The minimum Gasteiger partial charge on any atom is -0.495 e. The number of carbonyl (C=O) groups excluding carboxylic acids is 1. The lowest BCUT2D eigenvalue weighted by Gasteiger charge is -2.17. The maximum Gasteiger partial charge on any atom is 0.244 e. The fourth-order valence-corrected chi connectivity index (χ4v) is 2.98. The average molecular weight is 351 g/mol. The molecular weight excluding hydrogens is 336 g/mol. The lowest BCUT2D eigenvalue weighted by Crippen LogP contribution is -2.30. The molecule has 0 saturated carbocycles. The summed E-state index contributed by atoms with van der Waals surface area (Å²) in [5.74, 6) is 0.278. The molecule has 0 spiro atoms. The van der Waals surface area contributed by atoms with Crippen LogP contribution in [0.2, 0.25) is 5.02 Å². The number of hydrogen-bond acceptors (Lipinski definition) is 6. The smallest absolute Gasteiger partial charge is 0.244 e. The summed E-state index contributed by atoms with van der Waals surface area (Å²) in [6.45, 7) is 1.84. The minimum absolute atomic E-state index is 0.0754. The molecule has 1 aromatic carbocycles. The summed E-state index contributed by atoms with van der Waals surface area (Å²) in [5, 5.41) is 13.1. The van der Waals surface area contributed by atoms with Gasteiger partial charge < -0.3 is 15.0 Å². The Morgan fingerprint density at radius 3 is 2.96 bits per heavy atom. The highest BCUT2D eigenvalue weighted by Crippen LogP contribution is 2.29. The number of amides is 1. The predicted molar refractivity (Wildman–Crippen MR) is 91.5 cm³/mol. The van der Waals surface area contributed by atoms with Gasteiger partial charge in [0.2, 0.25) is 5.91 Å². The van der Waals surface area contributed by atoms with Gasteiger partial charge in [-0.2, -0.15) is 9.64 Å². The monoisotopic (exact) mass is 350 g/mol. The molecule has 1 N–H and O–H groups in total. The quantitative estimate of drug-likeness (QED) is 0.896. The lowest BCUT2D eigenvalue weighted by atomic mass is 10.2. The molecular formula is C15H15ClN4O2S. The Balaban J connectivity index is 2.11. The molecule has 0 aliphatic rings. The summed E-state index contributed by atoms with van der Waals surface area (Å²) in [5.41, 5.74) is 1.65. The van der Waals surface area contributed by atoms with Crippen LogP contribution >= 0.6 is 23.1 Å². The van der Waals surface area contributed by atoms with Gasteiger partial charge in [0.1, 0.15) is 22.4 Å². The number of nitrogens with zero attached hydrogens (tertiary/aromatic N) is 3. The number of carbonyl (C=O) groups is 1. The molecule has 0 unspecified atom stereocenters. The van der Waals surface area contributed by atoms with Crippen LogP contribution in [0.25, 0.3) is 0 Å². The third-order valence-corrected chi connectivity index (χ3v) is 4.41. The van der Waals surface area contributed by atoms with Crippen LogP contribution in [0, 0.1) is 18.3 Å². The molecule has 0 saturated heterocycles. The van der Waals surface area contributed by atoms with E-state index in [9.17, 15) is 4.79 Å². The van der Waals surface area contributed by atoms with Gasteiger partial charge >= 0.3 is 0 Å². The van der Waals surface area contributed by atoms with Crippen molar-refractivity contribution in [3.05, 3.63) is 34.5 Å². The number of nitrogens with one attached hydrogen (secondary N) is 1. The van der Waals surface area contributed by atoms with E-state index in [1.165, 1.54) is 18.6 Å². The number of methoxy groups -OCH3 is 1. The number of hydrogen-bond donors (Lipinski definition) is 1. The molecule has 0 bridgehead atoms. The van der Waals surface area contributed by atoms with Crippen molar-refractivity contribution in [1.29, 1.82) is 5.26 Å². The van der Waals surface area contributed by atoms with Gasteiger partial charge in [-0.1, -0.05) is 11.6 Å². The number of rotatable bonds is 5. The Labute approximate surface area is 143 Å². The second-order valence-electron chi connectivity index (χ2n) is 4.81. The van der Waals surface area contributed by atoms with Crippen molar-refractivity contribution in [3.63, 3.8) is 0 Å². The molecule has 1 amide bonds. The Bertz CT molecular complexity index is 769. The van der Waals surface area contributed by atoms with Gasteiger partial charge in [-0.15, -0.1) is 0 Å². The highest BCUT2D eigenvalue weighted by molar-refractivity contribution is 7.10. The van der Waals surface area contributed by atoms with Gasteiger partial charge in [0.05, 0.1) is 25.0 Å². The van der Waals surface area contributed by atoms with Crippen molar-refractivity contribution < 1.29 is 9.53 Å². The van der Waals surface area contributed by atoms with E-state index in [2.05, 4.69) is 15.8 Å². The molecule has 0 aliphatic heterocycles. The van der Waals surface area contributed by atoms with Crippen molar-refractivity contribution in [2.75, 3.05) is 30.9 Å². The van der Waals surface area contributed by atoms with Crippen LogP contribution in [-0.2, 0) is 4.79 Å². The number of nitriles is 1. The zero-order valence-corrected chi connectivity index (χ0v) is 14.5. The van der Waals surface area contributed by atoms with Crippen LogP contribution in [0.3, 0.4) is 0 Å². The Morgan fingerprint density at radius 2 is 2.30 bits per heavy atom. The van der Waals surface area contributed by atoms with E-state index in [1.807, 2.05) is 0 Å². The van der Waals surface area contributed by atoms with E-state index < -0.39 is 0 Å². The highest BCUT2D eigenvalue weighted by atomic mass is 35.5. The third-order valence-electron chi connectivity index (χ3n) is 3.12. The topological polar surface area (TPSA) is 78.2 Å². The number of halogens is 1. The summed E-state index contributed by atoms with van der Waals surface area (Å²) < 4.78 is 9.34. The average Bonchev–Trinajstić information content (AvgIpc) is 2.88. The van der Waals surface area contributed by atoms with Gasteiger partial charge in [-0.05, 0) is 36.7 Å². The van der Waals surface area contributed by atoms with Crippen molar-refractivity contribution in [3.8, 4) is 11.8 Å². The molecule has 1 aromatic heterocycles. The zero-order valence-electron chi connectivity index (χ0n) is 12.9. The molecule has 23 heavy (non-hydrogen) atoms. The highest BCUT2D eigenvalue weighted by Gasteiger charge is 2.17. The van der Waals surface area contributed by atoms with E-state index in [-0.39, 0.29) is 12.5 Å². The summed E-state index contributed by atoms with van der Waals surface area (Å²) in [7, 11) is 3.26. The van der Waals surface area contributed by atoms with Crippen LogP contribution in [0.4, 0.5) is 10.7 Å². The van der Waals surface area contributed by atoms with Gasteiger partial charge in [0.25, 0.3) is 0 Å². The van der Waals surface area contributed by atoms with Crippen LogP contribution in [-0.4, -0.2) is 31.0 Å². The lowest BCUT2D eigenvalue weighted by molar-refractivity contribution is -0.114. The first-order valence-corrected chi connectivity index (χ1v) is 7.82. The third kappa shape index (κ3) is 3.92. The number of ether oxygens (including phenoxy) is 1. The fraction of sp³-hybridized carbons (Fsp3) is 0.267. The summed E-state index contributed by atoms with van der Waals surface area (Å²) in [6, 6.07) is 7.10. The first-order chi connectivity index (χ1) is 11.0. The Hall–Kier alpha value is -2.30. The zero-order chi connectivity index (χ0) is 17.0. The van der Waals surface area contributed by atoms with Crippen LogP contribution < -0.4 is 15.0 Å². The molecule has 0 fully saturated rings. The van der Waals surface area contributed by atoms with Crippen molar-refractivity contribution in [1.82, 2.24) is 4.37 Å². The normalized spacial score (nSPS) is 10.0. The standard InChI is InChI=1S/C15H15ClN4O2S/c1-9-11(7-17)15(23-19-9)20(2)8-14(21)18-12-6-10(16)4-5-13(12)22-3/h4-6H,8H2,1-3H3,(H,18,21). The van der Waals surface area contributed by atoms with Crippen molar-refractivity contribution >= 4 is 39.7 Å². The van der Waals surface area contributed by atoms with E-state index >= 15 is 0 Å². The maximum atomic E-state index is 12.2. The fourth-order valence-electron chi connectivity index (χ4n) is 2.00. The Morgan fingerprint density at radius 1 is 1.57 bits per heavy atom. The SMILES string of the molecule is COc1ccc(Cl)cc1NC(=O)CN(C)c1snc(C)c1C#N. The van der Waals surface area contributed by atoms with E-state index in [0.29, 0.717) is 32.7 Å². The Kier molecular flexibility index (Phi) is 5.42. The second-order valence-corrected chi connectivity index (χ2v) is 6.00. The molecule has 120 valence electrons. The van der Waals surface area contributed by atoms with Gasteiger partial charge in [-0.3, -0.25) is 4.79 Å². The molecule has 6 nitrogen and oxygen atoms in total. The van der Waals surface area contributed by atoms with Crippen molar-refractivity contribution in [2.24, 2.45) is 0 Å². The number of aromatic nitrogens is 1. The van der Waals surface area contributed by atoms with E-state index in [4.69, 9.17) is 21.6 Å². The van der Waals surface area contributed by atoms with Crippen molar-refractivity contribution in [2.45, 2.75) is 6.92 Å². The molecule has 1 heterocycles. The molecule has 2 rings (SSSR count). The number of aryl methyl sites for hydroxylation is 1. The van der Waals surface area contributed by atoms with Gasteiger partial charge in [0, 0.05) is 12.1 Å². The molecule has 8 heteroatoms. The molecule has 0 aliphatic carbocycles. The summed E-state index contributed by atoms with van der Waals surface area (Å²) >= 11 is 7.14. The first kappa shape index (κ1) is 17.1. The van der Waals surface area contributed by atoms with E-state index in [0.717, 1.165) is 0 Å². The minimum atomic E-state index is -0.247. The summed E-state index contributed by atoms with van der Waals surface area (Å²) in [4.78, 5) is 13.9. The molecule has 0 radical (unpaired) electrons.